The fourth-order valence-corrected chi connectivity index (χ4v) is 3.41. The van der Waals surface area contributed by atoms with Crippen LogP contribution in [0.5, 0.6) is 0 Å². The highest BCUT2D eigenvalue weighted by Crippen LogP contribution is 2.42. The Morgan fingerprint density at radius 3 is 2.63 bits per heavy atom. The predicted molar refractivity (Wildman–Crippen MR) is 75.7 cm³/mol. The van der Waals surface area contributed by atoms with E-state index in [1.165, 1.54) is 24.8 Å². The van der Waals surface area contributed by atoms with Gasteiger partial charge in [-0.25, -0.2) is 4.39 Å². The largest absolute Gasteiger partial charge is 0.314 e. The molecule has 1 N–H and O–H groups in total. The Kier molecular flexibility index (Phi) is 3.85. The zero-order valence-electron chi connectivity index (χ0n) is 11.7. The Morgan fingerprint density at radius 1 is 1.26 bits per heavy atom. The smallest absolute Gasteiger partial charge is 0.126 e. The maximum atomic E-state index is 13.9. The van der Waals surface area contributed by atoms with Crippen molar-refractivity contribution < 1.29 is 4.39 Å². The Bertz CT molecular complexity index is 436. The Labute approximate surface area is 115 Å². The average Bonchev–Trinajstić information content (AvgIpc) is 2.38. The first-order valence-electron chi connectivity index (χ1n) is 7.47. The van der Waals surface area contributed by atoms with Crippen LogP contribution in [0.2, 0.25) is 0 Å². The highest BCUT2D eigenvalue weighted by molar-refractivity contribution is 5.31. The SMILES string of the molecule is Cc1c(F)cccc1[C@@H](C1CCC1)N1CCNCC1. The van der Waals surface area contributed by atoms with Gasteiger partial charge >= 0.3 is 0 Å². The van der Waals surface area contributed by atoms with Crippen molar-refractivity contribution in [2.24, 2.45) is 5.92 Å². The molecule has 1 saturated heterocycles. The van der Waals surface area contributed by atoms with E-state index in [1.54, 1.807) is 6.07 Å². The molecule has 0 bridgehead atoms. The molecule has 1 aromatic carbocycles. The summed E-state index contributed by atoms with van der Waals surface area (Å²) in [6, 6.07) is 6.00. The van der Waals surface area contributed by atoms with Crippen molar-refractivity contribution in [2.75, 3.05) is 26.2 Å². The molecule has 1 aromatic rings. The van der Waals surface area contributed by atoms with Crippen LogP contribution in [0.15, 0.2) is 18.2 Å². The highest BCUT2D eigenvalue weighted by Gasteiger charge is 2.34. The van der Waals surface area contributed by atoms with E-state index in [9.17, 15) is 4.39 Å². The molecule has 2 aliphatic rings. The third-order valence-corrected chi connectivity index (χ3v) is 4.77. The van der Waals surface area contributed by atoms with E-state index in [1.807, 2.05) is 13.0 Å². The van der Waals surface area contributed by atoms with Gasteiger partial charge in [0.25, 0.3) is 0 Å². The van der Waals surface area contributed by atoms with Crippen LogP contribution >= 0.6 is 0 Å². The minimum atomic E-state index is -0.0584. The van der Waals surface area contributed by atoms with E-state index in [0.717, 1.165) is 37.7 Å². The zero-order valence-corrected chi connectivity index (χ0v) is 11.7. The van der Waals surface area contributed by atoms with E-state index < -0.39 is 0 Å². The van der Waals surface area contributed by atoms with E-state index >= 15 is 0 Å². The maximum absolute atomic E-state index is 13.9. The predicted octanol–water partition coefficient (Wildman–Crippen LogP) is 2.88. The van der Waals surface area contributed by atoms with Crippen LogP contribution in [0.25, 0.3) is 0 Å². The Morgan fingerprint density at radius 2 is 2.00 bits per heavy atom. The molecule has 19 heavy (non-hydrogen) atoms. The number of benzene rings is 1. The standard InChI is InChI=1S/C16H23FN2/c1-12-14(6-3-7-15(12)17)16(13-4-2-5-13)19-10-8-18-9-11-19/h3,6-7,13,16,18H,2,4-5,8-11H2,1H3/t16-/m1/s1. The molecule has 0 spiro atoms. The first kappa shape index (κ1) is 13.1. The van der Waals surface area contributed by atoms with E-state index in [4.69, 9.17) is 0 Å². The summed E-state index contributed by atoms with van der Waals surface area (Å²) in [6.07, 6.45) is 3.93. The summed E-state index contributed by atoms with van der Waals surface area (Å²) in [5.74, 6) is 0.663. The van der Waals surface area contributed by atoms with Crippen molar-refractivity contribution in [3.63, 3.8) is 0 Å². The van der Waals surface area contributed by atoms with Crippen molar-refractivity contribution in [3.05, 3.63) is 35.1 Å². The molecule has 0 radical (unpaired) electrons. The molecule has 0 amide bonds. The normalized spacial score (nSPS) is 23.1. The molecule has 1 atom stereocenters. The van der Waals surface area contributed by atoms with Crippen molar-refractivity contribution in [1.82, 2.24) is 10.2 Å². The van der Waals surface area contributed by atoms with Gasteiger partial charge in [-0.05, 0) is 42.9 Å². The van der Waals surface area contributed by atoms with Gasteiger partial charge in [-0.3, -0.25) is 4.90 Å². The molecule has 1 saturated carbocycles. The summed E-state index contributed by atoms with van der Waals surface area (Å²) in [6.45, 7) is 6.20. The lowest BCUT2D eigenvalue weighted by atomic mass is 9.75. The van der Waals surface area contributed by atoms with Gasteiger partial charge in [0.15, 0.2) is 0 Å². The number of nitrogens with zero attached hydrogens (tertiary/aromatic N) is 1. The Hall–Kier alpha value is -0.930. The minimum absolute atomic E-state index is 0.0584. The van der Waals surface area contributed by atoms with Gasteiger partial charge in [0, 0.05) is 32.2 Å². The molecule has 1 aliphatic carbocycles. The summed E-state index contributed by atoms with van der Waals surface area (Å²) in [5.41, 5.74) is 2.06. The molecule has 1 aliphatic heterocycles. The van der Waals surface area contributed by atoms with Gasteiger partial charge in [-0.15, -0.1) is 0 Å². The van der Waals surface area contributed by atoms with Crippen molar-refractivity contribution in [3.8, 4) is 0 Å². The summed E-state index contributed by atoms with van der Waals surface area (Å²) in [5, 5.41) is 3.41. The number of hydrogen-bond donors (Lipinski definition) is 1. The molecular weight excluding hydrogens is 239 g/mol. The number of rotatable bonds is 3. The van der Waals surface area contributed by atoms with Crippen molar-refractivity contribution >= 4 is 0 Å². The van der Waals surface area contributed by atoms with Crippen molar-refractivity contribution in [2.45, 2.75) is 32.2 Å². The van der Waals surface area contributed by atoms with Crippen LogP contribution in [0.3, 0.4) is 0 Å². The minimum Gasteiger partial charge on any atom is -0.314 e. The van der Waals surface area contributed by atoms with E-state index in [0.29, 0.717) is 6.04 Å². The topological polar surface area (TPSA) is 15.3 Å². The molecule has 2 fully saturated rings. The number of halogens is 1. The number of nitrogens with one attached hydrogen (secondary N) is 1. The molecule has 0 aromatic heterocycles. The summed E-state index contributed by atoms with van der Waals surface area (Å²) < 4.78 is 13.9. The van der Waals surface area contributed by atoms with Crippen LogP contribution < -0.4 is 5.32 Å². The summed E-state index contributed by atoms with van der Waals surface area (Å²) in [4.78, 5) is 2.56. The molecule has 3 heteroatoms. The van der Waals surface area contributed by atoms with Gasteiger partial charge < -0.3 is 5.32 Å². The van der Waals surface area contributed by atoms with Crippen LogP contribution in [-0.4, -0.2) is 31.1 Å². The fraction of sp³-hybridized carbons (Fsp3) is 0.625. The lowest BCUT2D eigenvalue weighted by Gasteiger charge is -2.43. The molecule has 0 unspecified atom stereocenters. The third-order valence-electron chi connectivity index (χ3n) is 4.77. The van der Waals surface area contributed by atoms with Crippen LogP contribution in [0.1, 0.15) is 36.4 Å². The van der Waals surface area contributed by atoms with Gasteiger partial charge in [-0.1, -0.05) is 18.6 Å². The van der Waals surface area contributed by atoms with E-state index in [-0.39, 0.29) is 5.82 Å². The molecule has 104 valence electrons. The number of hydrogen-bond acceptors (Lipinski definition) is 2. The van der Waals surface area contributed by atoms with Crippen LogP contribution in [0, 0.1) is 18.7 Å². The van der Waals surface area contributed by atoms with Gasteiger partial charge in [-0.2, -0.15) is 0 Å². The molecule has 2 nitrogen and oxygen atoms in total. The molecular formula is C16H23FN2. The van der Waals surface area contributed by atoms with E-state index in [2.05, 4.69) is 16.3 Å². The fourth-order valence-electron chi connectivity index (χ4n) is 3.41. The second-order valence-corrected chi connectivity index (χ2v) is 5.88. The van der Waals surface area contributed by atoms with Gasteiger partial charge in [0.2, 0.25) is 0 Å². The lowest BCUT2D eigenvalue weighted by Crippen LogP contribution is -2.48. The van der Waals surface area contributed by atoms with Gasteiger partial charge in [0.05, 0.1) is 0 Å². The second-order valence-electron chi connectivity index (χ2n) is 5.88. The zero-order chi connectivity index (χ0) is 13.2. The maximum Gasteiger partial charge on any atom is 0.126 e. The number of piperazine rings is 1. The highest BCUT2D eigenvalue weighted by atomic mass is 19.1. The second kappa shape index (κ2) is 5.59. The lowest BCUT2D eigenvalue weighted by molar-refractivity contribution is 0.0830. The molecule has 1 heterocycles. The summed E-state index contributed by atoms with van der Waals surface area (Å²) in [7, 11) is 0. The first-order chi connectivity index (χ1) is 9.27. The quantitative estimate of drug-likeness (QED) is 0.901. The average molecular weight is 262 g/mol. The molecule has 3 rings (SSSR count). The third kappa shape index (κ3) is 2.54. The van der Waals surface area contributed by atoms with Gasteiger partial charge in [0.1, 0.15) is 5.82 Å². The monoisotopic (exact) mass is 262 g/mol. The van der Waals surface area contributed by atoms with Crippen LogP contribution in [0.4, 0.5) is 4.39 Å². The van der Waals surface area contributed by atoms with Crippen molar-refractivity contribution in [1.29, 1.82) is 0 Å². The van der Waals surface area contributed by atoms with Crippen LogP contribution in [-0.2, 0) is 0 Å². The first-order valence-corrected chi connectivity index (χ1v) is 7.47. The Balaban J connectivity index is 1.91. The summed E-state index contributed by atoms with van der Waals surface area (Å²) >= 11 is 0.